The van der Waals surface area contributed by atoms with Crippen molar-refractivity contribution >= 4 is 11.4 Å². The summed E-state index contributed by atoms with van der Waals surface area (Å²) in [6.45, 7) is 6.92. The van der Waals surface area contributed by atoms with Gasteiger partial charge in [0.1, 0.15) is 12.5 Å². The number of ether oxygens (including phenoxy) is 2. The molecule has 2 aliphatic carbocycles. The molecule has 2 aromatic rings. The quantitative estimate of drug-likeness (QED) is 0.453. The molecule has 9 fully saturated rings. The first-order valence-corrected chi connectivity index (χ1v) is 18.3. The molecule has 9 heterocycles. The van der Waals surface area contributed by atoms with Crippen LogP contribution in [0.3, 0.4) is 0 Å². The Labute approximate surface area is 260 Å². The maximum atomic E-state index is 7.46. The highest BCUT2D eigenvalue weighted by atomic mass is 16.5. The molecule has 2 unspecified atom stereocenters. The molecule has 0 aromatic heterocycles. The van der Waals surface area contributed by atoms with Crippen LogP contribution in [-0.2, 0) is 20.3 Å². The lowest BCUT2D eigenvalue weighted by atomic mass is 9.51. The summed E-state index contributed by atoms with van der Waals surface area (Å²) < 4.78 is 14.9. The van der Waals surface area contributed by atoms with E-state index in [1.54, 1.807) is 11.1 Å². The lowest BCUT2D eigenvalue weighted by molar-refractivity contribution is -0.120. The molecule has 4 bridgehead atoms. The Morgan fingerprint density at radius 1 is 0.614 bits per heavy atom. The van der Waals surface area contributed by atoms with E-state index in [2.05, 4.69) is 68.1 Å². The minimum Gasteiger partial charge on any atom is -0.358 e. The van der Waals surface area contributed by atoms with Crippen molar-refractivity contribution in [3.05, 3.63) is 59.7 Å². The third kappa shape index (κ3) is 2.36. The van der Waals surface area contributed by atoms with Crippen LogP contribution in [0.4, 0.5) is 11.4 Å². The zero-order valence-corrected chi connectivity index (χ0v) is 25.6. The van der Waals surface area contributed by atoms with Gasteiger partial charge in [-0.2, -0.15) is 0 Å². The van der Waals surface area contributed by atoms with Gasteiger partial charge in [0, 0.05) is 72.4 Å². The highest BCUT2D eigenvalue weighted by Crippen LogP contribution is 2.71. The zero-order valence-electron chi connectivity index (χ0n) is 25.6. The minimum absolute atomic E-state index is 0.151. The van der Waals surface area contributed by atoms with Crippen molar-refractivity contribution < 1.29 is 9.47 Å². The van der Waals surface area contributed by atoms with Crippen LogP contribution in [-0.4, -0.2) is 85.8 Å². The van der Waals surface area contributed by atoms with Gasteiger partial charge in [-0.05, 0) is 98.5 Å². The molecule has 6 nitrogen and oxygen atoms in total. The van der Waals surface area contributed by atoms with E-state index in [1.807, 2.05) is 0 Å². The Bertz CT molecular complexity index is 1500. The number of benzene rings is 2. The van der Waals surface area contributed by atoms with E-state index < -0.39 is 0 Å². The molecule has 2 saturated carbocycles. The van der Waals surface area contributed by atoms with Crippen LogP contribution >= 0.6 is 0 Å². The number of rotatable bonds is 0. The normalized spacial score (nSPS) is 53.0. The molecule has 228 valence electrons. The van der Waals surface area contributed by atoms with Crippen molar-refractivity contribution in [1.29, 1.82) is 0 Å². The number of hydrogen-bond acceptors (Lipinski definition) is 6. The van der Waals surface area contributed by atoms with Crippen molar-refractivity contribution in [3.8, 4) is 0 Å². The lowest BCUT2D eigenvalue weighted by Gasteiger charge is -2.65. The third-order valence-electron chi connectivity index (χ3n) is 16.3. The van der Waals surface area contributed by atoms with Crippen molar-refractivity contribution in [2.75, 3.05) is 49.2 Å². The van der Waals surface area contributed by atoms with E-state index in [9.17, 15) is 0 Å². The van der Waals surface area contributed by atoms with Gasteiger partial charge in [-0.3, -0.25) is 9.80 Å². The molecule has 14 atom stereocenters. The van der Waals surface area contributed by atoms with Crippen LogP contribution in [0.15, 0.2) is 48.5 Å². The molecule has 2 aromatic carbocycles. The van der Waals surface area contributed by atoms with Gasteiger partial charge in [0.2, 0.25) is 0 Å². The van der Waals surface area contributed by atoms with Crippen LogP contribution in [0.1, 0.15) is 49.7 Å². The zero-order chi connectivity index (χ0) is 28.1. The minimum atomic E-state index is 0.151. The fourth-order valence-corrected chi connectivity index (χ4v) is 15.3. The molecule has 0 amide bonds. The molecule has 44 heavy (non-hydrogen) atoms. The molecule has 7 saturated heterocycles. The first-order valence-electron chi connectivity index (χ1n) is 18.3. The molecule has 2 spiro atoms. The van der Waals surface area contributed by atoms with Gasteiger partial charge >= 0.3 is 0 Å². The van der Waals surface area contributed by atoms with E-state index in [0.29, 0.717) is 36.0 Å². The van der Waals surface area contributed by atoms with Crippen LogP contribution < -0.4 is 9.80 Å². The maximum absolute atomic E-state index is 7.46. The first kappa shape index (κ1) is 24.1. The Morgan fingerprint density at radius 2 is 1.09 bits per heavy atom. The monoisotopic (exact) mass is 588 g/mol. The molecule has 11 aliphatic rings. The second-order valence-electron chi connectivity index (χ2n) is 16.9. The number of para-hydroxylation sites is 2. The largest absolute Gasteiger partial charge is 0.358 e. The summed E-state index contributed by atoms with van der Waals surface area (Å²) in [4.78, 5) is 11.9. The van der Waals surface area contributed by atoms with Crippen molar-refractivity contribution in [3.63, 3.8) is 0 Å². The Kier molecular flexibility index (Phi) is 4.22. The van der Waals surface area contributed by atoms with Crippen molar-refractivity contribution in [2.45, 2.75) is 86.0 Å². The van der Waals surface area contributed by atoms with Crippen molar-refractivity contribution in [1.82, 2.24) is 9.80 Å². The number of fused-ring (bicyclic) bond motifs is 6. The molecule has 0 radical (unpaired) electrons. The van der Waals surface area contributed by atoms with Crippen LogP contribution in [0.2, 0.25) is 0 Å². The molecule has 0 N–H and O–H groups in total. The van der Waals surface area contributed by atoms with Crippen LogP contribution in [0.5, 0.6) is 0 Å². The van der Waals surface area contributed by atoms with Crippen LogP contribution in [0, 0.1) is 35.5 Å². The summed E-state index contributed by atoms with van der Waals surface area (Å²) in [7, 11) is 0. The predicted molar refractivity (Wildman–Crippen MR) is 168 cm³/mol. The second-order valence-corrected chi connectivity index (χ2v) is 16.9. The number of anilines is 2. The first-order chi connectivity index (χ1) is 21.8. The fraction of sp³-hybridized carbons (Fsp3) is 0.684. The topological polar surface area (TPSA) is 31.4 Å². The van der Waals surface area contributed by atoms with Gasteiger partial charge in [0.05, 0.1) is 12.1 Å². The standard InChI is InChI=1S/C38H44N4O2/c1-3-7-27-25(5-1)37-11-13-39-19-21-10-16-44-36-31(23(21)17-29(37)39)33(37)41(27)35-32-24-18-30-38(12-14-40(30)20-22(24)9-15-43-35)26-6-2-4-8-28(26)42(36)34(32)38/h1-8,21-24,29-36H,9-20H2/t21?,22?,23-,24-,29-,30-,31+,32+,33-,34-,35+,36+,37-,38-/m0/s1. The second kappa shape index (κ2) is 7.70. The molecular formula is C38H44N4O2. The van der Waals surface area contributed by atoms with E-state index in [-0.39, 0.29) is 23.3 Å². The number of piperidine rings is 2. The predicted octanol–water partition coefficient (Wildman–Crippen LogP) is 4.43. The van der Waals surface area contributed by atoms with Gasteiger partial charge in [0.25, 0.3) is 0 Å². The lowest BCUT2D eigenvalue weighted by Crippen LogP contribution is -2.76. The van der Waals surface area contributed by atoms with E-state index in [4.69, 9.17) is 9.47 Å². The average Bonchev–Trinajstić information content (AvgIpc) is 3.71. The highest BCUT2D eigenvalue weighted by Gasteiger charge is 2.77. The smallest absolute Gasteiger partial charge is 0.135 e. The third-order valence-corrected chi connectivity index (χ3v) is 16.3. The van der Waals surface area contributed by atoms with E-state index >= 15 is 0 Å². The van der Waals surface area contributed by atoms with E-state index in [1.165, 1.54) is 76.1 Å². The average molecular weight is 589 g/mol. The molecular weight excluding hydrogens is 544 g/mol. The summed E-state index contributed by atoms with van der Waals surface area (Å²) in [6.07, 6.45) is 8.05. The van der Waals surface area contributed by atoms with Crippen molar-refractivity contribution in [2.24, 2.45) is 35.5 Å². The van der Waals surface area contributed by atoms with Gasteiger partial charge in [0.15, 0.2) is 0 Å². The Hall–Kier alpha value is -2.12. The molecule has 6 heteroatoms. The Balaban J connectivity index is 1.14. The van der Waals surface area contributed by atoms with Gasteiger partial charge in [-0.15, -0.1) is 0 Å². The summed E-state index contributed by atoms with van der Waals surface area (Å²) in [5, 5.41) is 0. The summed E-state index contributed by atoms with van der Waals surface area (Å²) >= 11 is 0. The van der Waals surface area contributed by atoms with Gasteiger partial charge in [-0.25, -0.2) is 0 Å². The van der Waals surface area contributed by atoms with Gasteiger partial charge < -0.3 is 19.3 Å². The molecule has 13 rings (SSSR count). The number of hydrogen-bond donors (Lipinski definition) is 0. The molecule has 9 aliphatic heterocycles. The summed E-state index contributed by atoms with van der Waals surface area (Å²) in [5.74, 6) is 3.93. The fourth-order valence-electron chi connectivity index (χ4n) is 15.3. The summed E-state index contributed by atoms with van der Waals surface area (Å²) in [6, 6.07) is 21.7. The van der Waals surface area contributed by atoms with E-state index in [0.717, 1.165) is 36.9 Å². The maximum Gasteiger partial charge on any atom is 0.135 e. The summed E-state index contributed by atoms with van der Waals surface area (Å²) in [5.41, 5.74) is 6.73. The van der Waals surface area contributed by atoms with Crippen LogP contribution in [0.25, 0.3) is 0 Å². The highest BCUT2D eigenvalue weighted by molar-refractivity contribution is 5.71. The Morgan fingerprint density at radius 3 is 1.59 bits per heavy atom. The number of nitrogens with zero attached hydrogens (tertiary/aromatic N) is 4. The SMILES string of the molecule is c1ccc2c(c1)N1[C@@H]3OCCC4CN5CC[C@@]67c8ccccc8N([C@@H]8OCCC9CN%10CC[C@@]2%11[C@@H]%10C[C@@H]9[C@@H]8[C@H]1%11)[C@H]6[C@H]3[C@H]4C[C@H]57. The van der Waals surface area contributed by atoms with Gasteiger partial charge in [-0.1, -0.05) is 36.4 Å².